The van der Waals surface area contributed by atoms with Crippen molar-refractivity contribution in [3.05, 3.63) is 43.3 Å². The lowest BCUT2D eigenvalue weighted by atomic mass is 10.1. The number of fused-ring (bicyclic) bond motifs is 1. The lowest BCUT2D eigenvalue weighted by Gasteiger charge is -2.27. The third-order valence-electron chi connectivity index (χ3n) is 2.80. The molecule has 0 saturated heterocycles. The Labute approximate surface area is 128 Å². The van der Waals surface area contributed by atoms with Crippen molar-refractivity contribution in [3.8, 4) is 5.75 Å². The maximum atomic E-state index is 13.4. The zero-order valence-electron chi connectivity index (χ0n) is 9.34. The van der Waals surface area contributed by atoms with E-state index >= 15 is 0 Å². The molecule has 100 valence electrons. The Bertz CT molecular complexity index is 646. The Kier molecular flexibility index (Phi) is 3.52. The number of rotatable bonds is 1. The number of halogens is 4. The van der Waals surface area contributed by atoms with Gasteiger partial charge in [0.05, 0.1) is 21.6 Å². The summed E-state index contributed by atoms with van der Waals surface area (Å²) >= 11 is 19.0. The molecule has 2 aromatic rings. The van der Waals surface area contributed by atoms with Crippen LogP contribution in [0.25, 0.3) is 0 Å². The fraction of sp³-hybridized carbons (Fsp3) is 0.167. The molecule has 1 N–H and O–H groups in total. The smallest absolute Gasteiger partial charge is 0.146 e. The van der Waals surface area contributed by atoms with E-state index in [1.807, 2.05) is 0 Å². The van der Waals surface area contributed by atoms with Crippen LogP contribution < -0.4 is 10.1 Å². The van der Waals surface area contributed by atoms with Gasteiger partial charge >= 0.3 is 0 Å². The molecular weight excluding hydrogens is 332 g/mol. The highest BCUT2D eigenvalue weighted by Crippen LogP contribution is 2.41. The predicted octanol–water partition coefficient (Wildman–Crippen LogP) is 5.39. The molecule has 1 aromatic carbocycles. The lowest BCUT2D eigenvalue weighted by Crippen LogP contribution is -2.23. The molecule has 3 rings (SSSR count). The minimum atomic E-state index is -0.516. The lowest BCUT2D eigenvalue weighted by molar-refractivity contribution is 0.210. The molecule has 2 heterocycles. The molecule has 0 spiro atoms. The molecular formula is C12H7Cl3FNOS. The summed E-state index contributed by atoms with van der Waals surface area (Å²) in [6.45, 7) is 0.516. The Hall–Kier alpha value is -0.680. The first kappa shape index (κ1) is 13.3. The van der Waals surface area contributed by atoms with Crippen LogP contribution in [-0.2, 0) is 0 Å². The maximum absolute atomic E-state index is 13.4. The van der Waals surface area contributed by atoms with Crippen molar-refractivity contribution in [2.45, 2.75) is 6.10 Å². The summed E-state index contributed by atoms with van der Waals surface area (Å²) in [4.78, 5) is 0. The van der Waals surface area contributed by atoms with E-state index in [2.05, 4.69) is 5.32 Å². The molecule has 1 aliphatic rings. The molecule has 0 aliphatic carbocycles. The van der Waals surface area contributed by atoms with E-state index in [4.69, 9.17) is 39.5 Å². The summed E-state index contributed by atoms with van der Waals surface area (Å²) in [5.74, 6) is -0.103. The number of hydrogen-bond acceptors (Lipinski definition) is 3. The summed E-state index contributed by atoms with van der Waals surface area (Å²) < 4.78 is 20.4. The van der Waals surface area contributed by atoms with Crippen LogP contribution in [0.4, 0.5) is 10.1 Å². The fourth-order valence-corrected chi connectivity index (χ4v) is 3.63. The van der Waals surface area contributed by atoms with E-state index in [1.165, 1.54) is 23.5 Å². The van der Waals surface area contributed by atoms with Crippen molar-refractivity contribution in [2.24, 2.45) is 0 Å². The normalized spacial score (nSPS) is 17.6. The number of anilines is 1. The van der Waals surface area contributed by atoms with E-state index in [1.54, 1.807) is 6.07 Å². The number of benzene rings is 1. The molecule has 1 atom stereocenters. The molecule has 7 heteroatoms. The summed E-state index contributed by atoms with van der Waals surface area (Å²) in [5, 5.41) is 3.20. The Morgan fingerprint density at radius 3 is 2.74 bits per heavy atom. The summed E-state index contributed by atoms with van der Waals surface area (Å²) in [6, 6.07) is 4.53. The second kappa shape index (κ2) is 5.02. The molecule has 0 radical (unpaired) electrons. The van der Waals surface area contributed by atoms with Gasteiger partial charge in [-0.15, -0.1) is 11.3 Å². The maximum Gasteiger partial charge on any atom is 0.146 e. The topological polar surface area (TPSA) is 21.3 Å². The van der Waals surface area contributed by atoms with Gasteiger partial charge < -0.3 is 10.1 Å². The standard InChI is InChI=1S/C12H7Cl3FNOS/c13-6-2-8-9(3-7(6)16)18-10(4-17-8)5-1-11(14)19-12(5)15/h1-3,10,17H,4H2. The van der Waals surface area contributed by atoms with Gasteiger partial charge in [0.25, 0.3) is 0 Å². The quantitative estimate of drug-likeness (QED) is 0.752. The van der Waals surface area contributed by atoms with Crippen molar-refractivity contribution in [3.63, 3.8) is 0 Å². The Morgan fingerprint density at radius 2 is 2.05 bits per heavy atom. The van der Waals surface area contributed by atoms with Crippen LogP contribution in [0.5, 0.6) is 5.75 Å². The third-order valence-corrected chi connectivity index (χ3v) is 4.61. The number of hydrogen-bond donors (Lipinski definition) is 1. The number of ether oxygens (including phenoxy) is 1. The van der Waals surface area contributed by atoms with Crippen LogP contribution in [0, 0.1) is 5.82 Å². The van der Waals surface area contributed by atoms with Crippen LogP contribution in [0.2, 0.25) is 13.7 Å². The second-order valence-electron chi connectivity index (χ2n) is 4.03. The average Bonchev–Trinajstić information content (AvgIpc) is 2.69. The van der Waals surface area contributed by atoms with Crippen molar-refractivity contribution in [1.82, 2.24) is 0 Å². The van der Waals surface area contributed by atoms with Crippen LogP contribution in [0.1, 0.15) is 11.7 Å². The first-order valence-corrected chi connectivity index (χ1v) is 7.34. The van der Waals surface area contributed by atoms with E-state index in [-0.39, 0.29) is 11.1 Å². The largest absolute Gasteiger partial charge is 0.482 e. The first-order chi connectivity index (χ1) is 9.04. The van der Waals surface area contributed by atoms with E-state index in [0.29, 0.717) is 26.7 Å². The van der Waals surface area contributed by atoms with Gasteiger partial charge in [-0.3, -0.25) is 0 Å². The van der Waals surface area contributed by atoms with Crippen LogP contribution in [-0.4, -0.2) is 6.54 Å². The van der Waals surface area contributed by atoms with E-state index in [9.17, 15) is 4.39 Å². The summed E-state index contributed by atoms with van der Waals surface area (Å²) in [7, 11) is 0. The van der Waals surface area contributed by atoms with Gasteiger partial charge in [0.1, 0.15) is 22.0 Å². The van der Waals surface area contributed by atoms with Crippen molar-refractivity contribution in [2.75, 3.05) is 11.9 Å². The number of nitrogens with one attached hydrogen (secondary N) is 1. The van der Waals surface area contributed by atoms with Gasteiger partial charge in [-0.05, 0) is 12.1 Å². The van der Waals surface area contributed by atoms with Crippen LogP contribution >= 0.6 is 46.1 Å². The van der Waals surface area contributed by atoms with Crippen LogP contribution in [0.3, 0.4) is 0 Å². The minimum absolute atomic E-state index is 0.0601. The minimum Gasteiger partial charge on any atom is -0.482 e. The predicted molar refractivity (Wildman–Crippen MR) is 77.6 cm³/mol. The molecule has 1 aliphatic heterocycles. The van der Waals surface area contributed by atoms with Crippen LogP contribution in [0.15, 0.2) is 18.2 Å². The summed E-state index contributed by atoms with van der Waals surface area (Å²) in [6.07, 6.45) is -0.302. The molecule has 1 aromatic heterocycles. The third kappa shape index (κ3) is 2.50. The molecule has 1 unspecified atom stereocenters. The molecule has 2 nitrogen and oxygen atoms in total. The fourth-order valence-electron chi connectivity index (χ4n) is 1.91. The van der Waals surface area contributed by atoms with E-state index < -0.39 is 5.82 Å². The van der Waals surface area contributed by atoms with Gasteiger partial charge in [0, 0.05) is 11.6 Å². The Balaban J connectivity index is 1.94. The highest BCUT2D eigenvalue weighted by molar-refractivity contribution is 7.20. The zero-order chi connectivity index (χ0) is 13.6. The monoisotopic (exact) mass is 337 g/mol. The molecule has 0 saturated carbocycles. The first-order valence-electron chi connectivity index (χ1n) is 5.39. The second-order valence-corrected chi connectivity index (χ2v) is 6.72. The number of thiophene rings is 1. The van der Waals surface area contributed by atoms with Gasteiger partial charge in [0.2, 0.25) is 0 Å². The molecule has 0 fully saturated rings. The Morgan fingerprint density at radius 1 is 1.26 bits per heavy atom. The van der Waals surface area contributed by atoms with Gasteiger partial charge in [0.15, 0.2) is 0 Å². The van der Waals surface area contributed by atoms with Crippen molar-refractivity contribution in [1.29, 1.82) is 0 Å². The van der Waals surface area contributed by atoms with Gasteiger partial charge in [-0.25, -0.2) is 4.39 Å². The molecule has 0 amide bonds. The average molecular weight is 339 g/mol. The highest BCUT2D eigenvalue weighted by atomic mass is 35.5. The van der Waals surface area contributed by atoms with Crippen molar-refractivity contribution >= 4 is 51.8 Å². The molecule has 19 heavy (non-hydrogen) atoms. The summed E-state index contributed by atoms with van der Waals surface area (Å²) in [5.41, 5.74) is 1.46. The van der Waals surface area contributed by atoms with E-state index in [0.717, 1.165) is 5.56 Å². The SMILES string of the molecule is Fc1cc2c(cc1Cl)NCC(c1cc(Cl)sc1Cl)O2. The molecule has 0 bridgehead atoms. The highest BCUT2D eigenvalue weighted by Gasteiger charge is 2.25. The van der Waals surface area contributed by atoms with Crippen molar-refractivity contribution < 1.29 is 9.13 Å². The van der Waals surface area contributed by atoms with Gasteiger partial charge in [-0.2, -0.15) is 0 Å². The zero-order valence-corrected chi connectivity index (χ0v) is 12.4. The van der Waals surface area contributed by atoms with Gasteiger partial charge in [-0.1, -0.05) is 34.8 Å².